The van der Waals surface area contributed by atoms with E-state index in [4.69, 9.17) is 19.8 Å². The van der Waals surface area contributed by atoms with Crippen LogP contribution in [-0.2, 0) is 23.1 Å². The summed E-state index contributed by atoms with van der Waals surface area (Å²) in [5, 5.41) is 7.00. The number of aromatic nitrogens is 2. The highest BCUT2D eigenvalue weighted by Gasteiger charge is 2.36. The number of fused-ring (bicyclic) bond motifs is 1. The highest BCUT2D eigenvalue weighted by atomic mass is 16.5. The van der Waals surface area contributed by atoms with E-state index in [1.54, 1.807) is 0 Å². The maximum absolute atomic E-state index is 7.00. The largest absolute Gasteiger partial charge is 0.400 e. The standard InChI is InChI=1S/C32H40N4O.CH4O/c1-21-11-14-35(15-12-21)31-26-18-36(28-17-25(10-9-22(28)2)32(5)19-37-20-32)16-13-27(26)33-30(34-31)29-23(3)7-6-8-24(29)4;1-2/h6-10,17,21H,11-16,18-20H2,1-5H3;2H,1H3. The quantitative estimate of drug-likeness (QED) is 0.464. The van der Waals surface area contributed by atoms with Gasteiger partial charge in [0.25, 0.3) is 0 Å². The SMILES string of the molecule is CO.Cc1ccc(C2(C)COC2)cc1N1CCc2nc(-c3c(C)cccc3C)nc(N3CCC(C)CC3)c2C1. The van der Waals surface area contributed by atoms with Gasteiger partial charge in [0.05, 0.1) is 18.9 Å². The number of aliphatic hydroxyl groups excluding tert-OH is 1. The molecule has 0 amide bonds. The van der Waals surface area contributed by atoms with Gasteiger partial charge in [-0.2, -0.15) is 0 Å². The molecule has 6 heteroatoms. The summed E-state index contributed by atoms with van der Waals surface area (Å²) in [4.78, 5) is 15.6. The predicted molar refractivity (Wildman–Crippen MR) is 160 cm³/mol. The van der Waals surface area contributed by atoms with Crippen molar-refractivity contribution in [1.82, 2.24) is 9.97 Å². The van der Waals surface area contributed by atoms with Gasteiger partial charge in [-0.25, -0.2) is 9.97 Å². The van der Waals surface area contributed by atoms with Crippen LogP contribution >= 0.6 is 0 Å². The number of piperidine rings is 1. The van der Waals surface area contributed by atoms with Crippen molar-refractivity contribution in [2.45, 2.75) is 65.8 Å². The van der Waals surface area contributed by atoms with Gasteiger partial charge >= 0.3 is 0 Å². The first-order valence-corrected chi connectivity index (χ1v) is 14.4. The summed E-state index contributed by atoms with van der Waals surface area (Å²) in [6, 6.07) is 13.5. The lowest BCUT2D eigenvalue weighted by Crippen LogP contribution is -2.44. The number of aryl methyl sites for hydroxylation is 3. The van der Waals surface area contributed by atoms with Crippen LogP contribution in [0.15, 0.2) is 36.4 Å². The van der Waals surface area contributed by atoms with Crippen LogP contribution in [-0.4, -0.2) is 55.0 Å². The van der Waals surface area contributed by atoms with E-state index in [0.29, 0.717) is 0 Å². The van der Waals surface area contributed by atoms with Crippen molar-refractivity contribution >= 4 is 11.5 Å². The fourth-order valence-corrected chi connectivity index (χ4v) is 6.26. The predicted octanol–water partition coefficient (Wildman–Crippen LogP) is 5.76. The molecule has 0 spiro atoms. The Morgan fingerprint density at radius 1 is 0.897 bits per heavy atom. The van der Waals surface area contributed by atoms with Gasteiger partial charge in [0.2, 0.25) is 0 Å². The maximum Gasteiger partial charge on any atom is 0.162 e. The van der Waals surface area contributed by atoms with Gasteiger partial charge in [-0.05, 0) is 67.9 Å². The lowest BCUT2D eigenvalue weighted by atomic mass is 9.80. The van der Waals surface area contributed by atoms with Crippen molar-refractivity contribution in [2.24, 2.45) is 5.92 Å². The van der Waals surface area contributed by atoms with E-state index < -0.39 is 0 Å². The lowest BCUT2D eigenvalue weighted by Gasteiger charge is -2.40. The van der Waals surface area contributed by atoms with Gasteiger partial charge in [0, 0.05) is 61.9 Å². The number of hydrogen-bond donors (Lipinski definition) is 1. The van der Waals surface area contributed by atoms with Crippen molar-refractivity contribution in [3.63, 3.8) is 0 Å². The molecule has 3 aromatic rings. The van der Waals surface area contributed by atoms with E-state index in [0.717, 1.165) is 70.5 Å². The molecule has 0 bridgehead atoms. The van der Waals surface area contributed by atoms with Crippen LogP contribution in [0.4, 0.5) is 11.5 Å². The van der Waals surface area contributed by atoms with Crippen molar-refractivity contribution in [2.75, 3.05) is 49.8 Å². The van der Waals surface area contributed by atoms with Crippen LogP contribution in [0.2, 0.25) is 0 Å². The van der Waals surface area contributed by atoms with Gasteiger partial charge in [-0.15, -0.1) is 0 Å². The Kier molecular flexibility index (Phi) is 7.97. The van der Waals surface area contributed by atoms with E-state index in [9.17, 15) is 0 Å². The highest BCUT2D eigenvalue weighted by Crippen LogP contribution is 2.38. The van der Waals surface area contributed by atoms with Gasteiger partial charge in [-0.1, -0.05) is 44.2 Å². The number of benzene rings is 2. The zero-order chi connectivity index (χ0) is 27.7. The van der Waals surface area contributed by atoms with Crippen LogP contribution in [0.5, 0.6) is 0 Å². The van der Waals surface area contributed by atoms with Crippen LogP contribution in [0.3, 0.4) is 0 Å². The molecule has 0 aliphatic carbocycles. The summed E-state index contributed by atoms with van der Waals surface area (Å²) < 4.78 is 5.57. The van der Waals surface area contributed by atoms with Gasteiger partial charge in [-0.3, -0.25) is 0 Å². The molecule has 6 rings (SSSR count). The molecule has 3 aliphatic heterocycles. The average molecular weight is 529 g/mol. The molecule has 1 N–H and O–H groups in total. The number of aliphatic hydroxyl groups is 1. The first kappa shape index (κ1) is 27.6. The van der Waals surface area contributed by atoms with Crippen LogP contribution < -0.4 is 9.80 Å². The Hall–Kier alpha value is -2.96. The molecule has 3 aliphatic rings. The maximum atomic E-state index is 7.00. The zero-order valence-electron chi connectivity index (χ0n) is 24.5. The van der Waals surface area contributed by atoms with Crippen LogP contribution in [0, 0.1) is 26.7 Å². The third kappa shape index (κ3) is 5.29. The van der Waals surface area contributed by atoms with E-state index in [1.165, 1.54) is 57.6 Å². The first-order valence-electron chi connectivity index (χ1n) is 14.4. The van der Waals surface area contributed by atoms with E-state index >= 15 is 0 Å². The summed E-state index contributed by atoms with van der Waals surface area (Å²) in [6.45, 7) is 16.9. The molecule has 0 radical (unpaired) electrons. The second-order valence-corrected chi connectivity index (χ2v) is 12.0. The summed E-state index contributed by atoms with van der Waals surface area (Å²) in [5.74, 6) is 2.84. The molecule has 208 valence electrons. The summed E-state index contributed by atoms with van der Waals surface area (Å²) in [6.07, 6.45) is 3.39. The zero-order valence-corrected chi connectivity index (χ0v) is 24.5. The Morgan fingerprint density at radius 3 is 2.23 bits per heavy atom. The Balaban J connectivity index is 0.00000151. The molecule has 4 heterocycles. The molecule has 0 saturated carbocycles. The second-order valence-electron chi connectivity index (χ2n) is 12.0. The lowest BCUT2D eigenvalue weighted by molar-refractivity contribution is -0.0499. The van der Waals surface area contributed by atoms with Gasteiger partial charge in [0.1, 0.15) is 5.82 Å². The minimum atomic E-state index is 0.134. The molecule has 39 heavy (non-hydrogen) atoms. The van der Waals surface area contributed by atoms with Gasteiger partial charge < -0.3 is 19.6 Å². The summed E-state index contributed by atoms with van der Waals surface area (Å²) in [5.41, 5.74) is 10.4. The minimum absolute atomic E-state index is 0.134. The number of rotatable bonds is 4. The van der Waals surface area contributed by atoms with Crippen LogP contribution in [0.25, 0.3) is 11.4 Å². The molecule has 1 aromatic heterocycles. The molecule has 0 atom stereocenters. The molecular formula is C33H44N4O2. The van der Waals surface area contributed by atoms with E-state index in [-0.39, 0.29) is 5.41 Å². The number of nitrogens with zero attached hydrogens (tertiary/aromatic N) is 4. The van der Waals surface area contributed by atoms with Crippen molar-refractivity contribution in [3.05, 3.63) is 69.9 Å². The normalized spacial score (nSPS) is 18.6. The van der Waals surface area contributed by atoms with E-state index in [2.05, 4.69) is 80.8 Å². The topological polar surface area (TPSA) is 61.7 Å². The summed E-state index contributed by atoms with van der Waals surface area (Å²) in [7, 11) is 1.00. The first-order chi connectivity index (χ1) is 18.8. The van der Waals surface area contributed by atoms with E-state index in [1.807, 2.05) is 0 Å². The number of ether oxygens (including phenoxy) is 1. The van der Waals surface area contributed by atoms with Crippen molar-refractivity contribution in [1.29, 1.82) is 0 Å². The monoisotopic (exact) mass is 528 g/mol. The third-order valence-electron chi connectivity index (χ3n) is 8.91. The molecular weight excluding hydrogens is 484 g/mol. The molecule has 2 saturated heterocycles. The van der Waals surface area contributed by atoms with Crippen molar-refractivity contribution < 1.29 is 9.84 Å². The molecule has 2 aromatic carbocycles. The van der Waals surface area contributed by atoms with Crippen LogP contribution in [0.1, 0.15) is 60.2 Å². The Morgan fingerprint density at radius 2 is 1.59 bits per heavy atom. The average Bonchev–Trinajstić information content (AvgIpc) is 2.93. The van der Waals surface area contributed by atoms with Gasteiger partial charge in [0.15, 0.2) is 5.82 Å². The van der Waals surface area contributed by atoms with Crippen molar-refractivity contribution in [3.8, 4) is 11.4 Å². The second kappa shape index (κ2) is 11.3. The Bertz CT molecular complexity index is 1310. The smallest absolute Gasteiger partial charge is 0.162 e. The fraction of sp³-hybridized carbons (Fsp3) is 0.515. The molecule has 6 nitrogen and oxygen atoms in total. The fourth-order valence-electron chi connectivity index (χ4n) is 6.26. The molecule has 2 fully saturated rings. The molecule has 0 unspecified atom stereocenters. The number of hydrogen-bond acceptors (Lipinski definition) is 6. The highest BCUT2D eigenvalue weighted by molar-refractivity contribution is 5.68. The number of anilines is 2. The Labute approximate surface area is 234 Å². The third-order valence-corrected chi connectivity index (χ3v) is 8.91. The summed E-state index contributed by atoms with van der Waals surface area (Å²) >= 11 is 0. The minimum Gasteiger partial charge on any atom is -0.400 e.